The van der Waals surface area contributed by atoms with E-state index in [0.29, 0.717) is 5.56 Å². The smallest absolute Gasteiger partial charge is 0.325 e. The first-order valence-electron chi connectivity index (χ1n) is 6.96. The van der Waals surface area contributed by atoms with Crippen LogP contribution < -0.4 is 5.32 Å². The molecule has 0 radical (unpaired) electrons. The number of rotatable bonds is 5. The van der Waals surface area contributed by atoms with Crippen LogP contribution in [0, 0.1) is 6.92 Å². The van der Waals surface area contributed by atoms with E-state index in [9.17, 15) is 9.59 Å². The number of nitrogens with zero attached hydrogens (tertiary/aromatic N) is 4. The van der Waals surface area contributed by atoms with Gasteiger partial charge in [0.15, 0.2) is 0 Å². The van der Waals surface area contributed by atoms with E-state index >= 15 is 0 Å². The number of hydrogen-bond donors (Lipinski definition) is 2. The maximum absolute atomic E-state index is 12.3. The van der Waals surface area contributed by atoms with Crippen LogP contribution in [0.5, 0.6) is 0 Å². The van der Waals surface area contributed by atoms with E-state index < -0.39 is 5.97 Å². The van der Waals surface area contributed by atoms with Gasteiger partial charge in [-0.3, -0.25) is 14.9 Å². The minimum atomic E-state index is -1.04. The van der Waals surface area contributed by atoms with Gasteiger partial charge in [0.25, 0.3) is 5.91 Å². The molecule has 1 aromatic carbocycles. The minimum absolute atomic E-state index is 0.0520. The Hall–Kier alpha value is -3.07. The van der Waals surface area contributed by atoms with Gasteiger partial charge in [0, 0.05) is 16.5 Å². The number of carboxylic acid groups (broad SMARTS) is 1. The summed E-state index contributed by atoms with van der Waals surface area (Å²) in [5.41, 5.74) is 2.10. The number of carboxylic acids is 1. The lowest BCUT2D eigenvalue weighted by Gasteiger charge is -2.03. The Bertz CT molecular complexity index is 902. The van der Waals surface area contributed by atoms with E-state index in [1.54, 1.807) is 29.5 Å². The van der Waals surface area contributed by atoms with Crippen molar-refractivity contribution in [2.24, 2.45) is 0 Å². The Morgan fingerprint density at radius 1 is 1.38 bits per heavy atom. The Morgan fingerprint density at radius 3 is 2.92 bits per heavy atom. The third-order valence-corrected chi connectivity index (χ3v) is 3.87. The summed E-state index contributed by atoms with van der Waals surface area (Å²) in [5.74, 6) is -1.36. The van der Waals surface area contributed by atoms with Crippen molar-refractivity contribution in [2.75, 3.05) is 5.32 Å². The molecule has 122 valence electrons. The molecular weight excluding hydrogens is 330 g/mol. The first-order valence-corrected chi connectivity index (χ1v) is 7.84. The second kappa shape index (κ2) is 6.59. The summed E-state index contributed by atoms with van der Waals surface area (Å²) in [7, 11) is 0. The number of carbonyl (C=O) groups is 2. The molecule has 1 amide bonds. The highest BCUT2D eigenvalue weighted by atomic mass is 32.1. The fraction of sp³-hybridized carbons (Fsp3) is 0.133. The molecule has 3 aromatic rings. The zero-order valence-corrected chi connectivity index (χ0v) is 13.4. The van der Waals surface area contributed by atoms with Crippen LogP contribution >= 0.6 is 11.3 Å². The van der Waals surface area contributed by atoms with Crippen molar-refractivity contribution >= 4 is 29.2 Å². The zero-order valence-electron chi connectivity index (χ0n) is 12.6. The summed E-state index contributed by atoms with van der Waals surface area (Å²) in [6, 6.07) is 7.06. The molecule has 0 spiro atoms. The molecule has 3 rings (SSSR count). The fourth-order valence-corrected chi connectivity index (χ4v) is 2.68. The largest absolute Gasteiger partial charge is 0.480 e. The average Bonchev–Trinajstić information content (AvgIpc) is 3.16. The Kier molecular flexibility index (Phi) is 4.34. The number of aromatic nitrogens is 4. The molecule has 2 heterocycles. The topological polar surface area (TPSA) is 110 Å². The number of aliphatic carboxylic acids is 1. The third kappa shape index (κ3) is 3.63. The normalized spacial score (nSPS) is 10.5. The molecule has 2 N–H and O–H groups in total. The molecule has 0 fully saturated rings. The number of benzene rings is 1. The van der Waals surface area contributed by atoms with Crippen molar-refractivity contribution in [3.63, 3.8) is 0 Å². The predicted molar refractivity (Wildman–Crippen MR) is 87.9 cm³/mol. The molecule has 0 saturated carbocycles. The van der Waals surface area contributed by atoms with Gasteiger partial charge in [0.1, 0.15) is 12.9 Å². The first kappa shape index (κ1) is 15.8. The molecular formula is C15H13N5O3S. The van der Waals surface area contributed by atoms with Crippen LogP contribution in [-0.2, 0) is 11.3 Å². The number of anilines is 1. The van der Waals surface area contributed by atoms with E-state index in [1.165, 1.54) is 6.33 Å². The average molecular weight is 343 g/mol. The van der Waals surface area contributed by atoms with Gasteiger partial charge in [0.2, 0.25) is 5.95 Å². The number of nitrogens with one attached hydrogen (secondary N) is 1. The van der Waals surface area contributed by atoms with Crippen LogP contribution in [0.2, 0.25) is 0 Å². The molecule has 2 aromatic heterocycles. The van der Waals surface area contributed by atoms with E-state index in [0.717, 1.165) is 20.9 Å². The molecule has 8 nitrogen and oxygen atoms in total. The van der Waals surface area contributed by atoms with Crippen molar-refractivity contribution < 1.29 is 14.7 Å². The minimum Gasteiger partial charge on any atom is -0.480 e. The molecule has 0 aliphatic heterocycles. The SMILES string of the molecule is Cc1nc(-c2cccc(C(=O)Nc3ncn(CC(=O)O)n3)c2)cs1. The van der Waals surface area contributed by atoms with Crippen molar-refractivity contribution in [3.8, 4) is 11.3 Å². The number of hydrogen-bond acceptors (Lipinski definition) is 6. The third-order valence-electron chi connectivity index (χ3n) is 3.10. The molecule has 9 heteroatoms. The van der Waals surface area contributed by atoms with Gasteiger partial charge in [-0.25, -0.2) is 14.6 Å². The highest BCUT2D eigenvalue weighted by molar-refractivity contribution is 7.09. The standard InChI is InChI=1S/C15H13N5O3S/c1-9-17-12(7-24-9)10-3-2-4-11(5-10)14(23)18-15-16-8-20(19-15)6-13(21)22/h2-5,7-8H,6H2,1H3,(H,21,22)(H,18,19,23). The van der Waals surface area contributed by atoms with E-state index in [2.05, 4.69) is 20.4 Å². The number of amides is 1. The van der Waals surface area contributed by atoms with E-state index in [-0.39, 0.29) is 18.4 Å². The van der Waals surface area contributed by atoms with Crippen molar-refractivity contribution in [3.05, 3.63) is 46.5 Å². The highest BCUT2D eigenvalue weighted by Crippen LogP contribution is 2.22. The van der Waals surface area contributed by atoms with Crippen molar-refractivity contribution in [1.29, 1.82) is 0 Å². The van der Waals surface area contributed by atoms with E-state index in [4.69, 9.17) is 5.11 Å². The second-order valence-electron chi connectivity index (χ2n) is 4.95. The van der Waals surface area contributed by atoms with Crippen molar-refractivity contribution in [1.82, 2.24) is 19.7 Å². The maximum Gasteiger partial charge on any atom is 0.325 e. The summed E-state index contributed by atoms with van der Waals surface area (Å²) in [5, 5.41) is 18.0. The predicted octanol–water partition coefficient (Wildman–Crippen LogP) is 2.05. The summed E-state index contributed by atoms with van der Waals surface area (Å²) in [6.07, 6.45) is 1.25. The van der Waals surface area contributed by atoms with Gasteiger partial charge < -0.3 is 5.11 Å². The Morgan fingerprint density at radius 2 is 2.21 bits per heavy atom. The van der Waals surface area contributed by atoms with Crippen LogP contribution in [0.1, 0.15) is 15.4 Å². The lowest BCUT2D eigenvalue weighted by Crippen LogP contribution is -2.14. The van der Waals surface area contributed by atoms with E-state index in [1.807, 2.05) is 18.4 Å². The first-order chi connectivity index (χ1) is 11.5. The Balaban J connectivity index is 1.75. The summed E-state index contributed by atoms with van der Waals surface area (Å²) >= 11 is 1.54. The van der Waals surface area contributed by atoms with Gasteiger partial charge in [-0.05, 0) is 19.1 Å². The van der Waals surface area contributed by atoms with Gasteiger partial charge in [-0.1, -0.05) is 12.1 Å². The molecule has 24 heavy (non-hydrogen) atoms. The van der Waals surface area contributed by atoms with Crippen molar-refractivity contribution in [2.45, 2.75) is 13.5 Å². The van der Waals surface area contributed by atoms with Crippen LogP contribution in [0.3, 0.4) is 0 Å². The monoisotopic (exact) mass is 343 g/mol. The van der Waals surface area contributed by atoms with Crippen LogP contribution in [0.4, 0.5) is 5.95 Å². The summed E-state index contributed by atoms with van der Waals surface area (Å²) in [6.45, 7) is 1.60. The van der Waals surface area contributed by atoms with Gasteiger partial charge in [-0.2, -0.15) is 0 Å². The van der Waals surface area contributed by atoms with Gasteiger partial charge in [0.05, 0.1) is 10.7 Å². The molecule has 0 saturated heterocycles. The zero-order chi connectivity index (χ0) is 17.1. The second-order valence-corrected chi connectivity index (χ2v) is 6.01. The molecule has 0 bridgehead atoms. The molecule has 0 aliphatic carbocycles. The lowest BCUT2D eigenvalue weighted by atomic mass is 10.1. The number of aryl methyl sites for hydroxylation is 1. The van der Waals surface area contributed by atoms with Crippen LogP contribution in [0.15, 0.2) is 36.0 Å². The maximum atomic E-state index is 12.3. The van der Waals surface area contributed by atoms with Gasteiger partial charge in [-0.15, -0.1) is 16.4 Å². The highest BCUT2D eigenvalue weighted by Gasteiger charge is 2.12. The van der Waals surface area contributed by atoms with Gasteiger partial charge >= 0.3 is 5.97 Å². The molecule has 0 unspecified atom stereocenters. The lowest BCUT2D eigenvalue weighted by molar-refractivity contribution is -0.137. The number of carbonyl (C=O) groups excluding carboxylic acids is 1. The van der Waals surface area contributed by atoms with Crippen LogP contribution in [-0.4, -0.2) is 36.7 Å². The fourth-order valence-electron chi connectivity index (χ4n) is 2.06. The quantitative estimate of drug-likeness (QED) is 0.733. The summed E-state index contributed by atoms with van der Waals surface area (Å²) in [4.78, 5) is 31.2. The molecule has 0 atom stereocenters. The number of thiazole rings is 1. The molecule has 0 aliphatic rings. The van der Waals surface area contributed by atoms with Crippen LogP contribution in [0.25, 0.3) is 11.3 Å². The Labute approximate surface area is 140 Å². The summed E-state index contributed by atoms with van der Waals surface area (Å²) < 4.78 is 1.13.